The van der Waals surface area contributed by atoms with Crippen molar-refractivity contribution in [3.8, 4) is 11.3 Å². The monoisotopic (exact) mass is 346 g/mol. The SMILES string of the molecule is CC(C)c1cnc(-c2ccc(F)cc2)cc1Nc1ccnc2[nH]ccc12. The fourth-order valence-electron chi connectivity index (χ4n) is 3.03. The molecular formula is C21H19FN4. The molecule has 5 heteroatoms. The zero-order valence-corrected chi connectivity index (χ0v) is 14.6. The molecule has 0 saturated carbocycles. The van der Waals surface area contributed by atoms with Gasteiger partial charge in [0.05, 0.1) is 11.4 Å². The molecule has 26 heavy (non-hydrogen) atoms. The smallest absolute Gasteiger partial charge is 0.139 e. The summed E-state index contributed by atoms with van der Waals surface area (Å²) in [5, 5.41) is 4.56. The van der Waals surface area contributed by atoms with Crippen LogP contribution in [0.2, 0.25) is 0 Å². The molecule has 1 aromatic carbocycles. The minimum atomic E-state index is -0.252. The Labute approximate surface area is 151 Å². The van der Waals surface area contributed by atoms with Crippen LogP contribution >= 0.6 is 0 Å². The Hall–Kier alpha value is -3.21. The van der Waals surface area contributed by atoms with Crippen LogP contribution < -0.4 is 5.32 Å². The Kier molecular flexibility index (Phi) is 4.13. The molecule has 0 fully saturated rings. The summed E-state index contributed by atoms with van der Waals surface area (Å²) < 4.78 is 13.2. The number of anilines is 2. The van der Waals surface area contributed by atoms with Crippen molar-refractivity contribution in [1.82, 2.24) is 15.0 Å². The number of nitrogens with zero attached hydrogens (tertiary/aromatic N) is 2. The maximum absolute atomic E-state index is 13.2. The number of aromatic nitrogens is 3. The fraction of sp³-hybridized carbons (Fsp3) is 0.143. The summed E-state index contributed by atoms with van der Waals surface area (Å²) >= 11 is 0. The highest BCUT2D eigenvalue weighted by Gasteiger charge is 2.12. The van der Waals surface area contributed by atoms with Crippen molar-refractivity contribution in [2.45, 2.75) is 19.8 Å². The fourth-order valence-corrected chi connectivity index (χ4v) is 3.03. The Morgan fingerprint density at radius 2 is 1.81 bits per heavy atom. The van der Waals surface area contributed by atoms with Crippen molar-refractivity contribution in [2.24, 2.45) is 0 Å². The second-order valence-corrected chi connectivity index (χ2v) is 6.54. The van der Waals surface area contributed by atoms with E-state index in [-0.39, 0.29) is 5.82 Å². The summed E-state index contributed by atoms with van der Waals surface area (Å²) in [5.74, 6) is 0.0633. The van der Waals surface area contributed by atoms with Gasteiger partial charge in [0.1, 0.15) is 11.5 Å². The Morgan fingerprint density at radius 1 is 1.00 bits per heavy atom. The van der Waals surface area contributed by atoms with Gasteiger partial charge in [0, 0.05) is 35.2 Å². The Morgan fingerprint density at radius 3 is 2.58 bits per heavy atom. The third-order valence-corrected chi connectivity index (χ3v) is 4.43. The number of halogens is 1. The number of H-pyrrole nitrogens is 1. The van der Waals surface area contributed by atoms with Gasteiger partial charge < -0.3 is 10.3 Å². The highest BCUT2D eigenvalue weighted by atomic mass is 19.1. The third-order valence-electron chi connectivity index (χ3n) is 4.43. The lowest BCUT2D eigenvalue weighted by atomic mass is 10.0. The normalized spacial score (nSPS) is 11.2. The predicted molar refractivity (Wildman–Crippen MR) is 103 cm³/mol. The summed E-state index contributed by atoms with van der Waals surface area (Å²) in [5.41, 5.74) is 5.62. The number of nitrogens with one attached hydrogen (secondary N) is 2. The highest BCUT2D eigenvalue weighted by molar-refractivity contribution is 5.91. The molecule has 4 rings (SSSR count). The molecule has 0 unspecified atom stereocenters. The molecule has 3 aromatic heterocycles. The van der Waals surface area contributed by atoms with Gasteiger partial charge >= 0.3 is 0 Å². The van der Waals surface area contributed by atoms with Crippen molar-refractivity contribution in [3.63, 3.8) is 0 Å². The van der Waals surface area contributed by atoms with E-state index < -0.39 is 0 Å². The average molecular weight is 346 g/mol. The van der Waals surface area contributed by atoms with Gasteiger partial charge in [-0.1, -0.05) is 13.8 Å². The lowest BCUT2D eigenvalue weighted by molar-refractivity contribution is 0.628. The van der Waals surface area contributed by atoms with E-state index in [0.29, 0.717) is 5.92 Å². The summed E-state index contributed by atoms with van der Waals surface area (Å²) in [6.07, 6.45) is 5.54. The number of pyridine rings is 2. The van der Waals surface area contributed by atoms with Crippen LogP contribution in [-0.4, -0.2) is 15.0 Å². The number of hydrogen-bond donors (Lipinski definition) is 2. The predicted octanol–water partition coefficient (Wildman–Crippen LogP) is 5.63. The van der Waals surface area contributed by atoms with Gasteiger partial charge in [0.15, 0.2) is 0 Å². The molecule has 0 bridgehead atoms. The van der Waals surface area contributed by atoms with E-state index in [1.165, 1.54) is 12.1 Å². The highest BCUT2D eigenvalue weighted by Crippen LogP contribution is 2.32. The average Bonchev–Trinajstić information content (AvgIpc) is 3.12. The van der Waals surface area contributed by atoms with Crippen LogP contribution in [0.5, 0.6) is 0 Å². The van der Waals surface area contributed by atoms with E-state index in [9.17, 15) is 4.39 Å². The molecule has 0 aliphatic heterocycles. The molecule has 0 aliphatic rings. The maximum atomic E-state index is 13.2. The van der Waals surface area contributed by atoms with Crippen LogP contribution in [0.25, 0.3) is 22.3 Å². The first-order chi connectivity index (χ1) is 12.6. The van der Waals surface area contributed by atoms with Crippen molar-refractivity contribution in [1.29, 1.82) is 0 Å². The van der Waals surface area contributed by atoms with Crippen molar-refractivity contribution in [3.05, 3.63) is 72.4 Å². The lowest BCUT2D eigenvalue weighted by Crippen LogP contribution is -2.01. The number of rotatable bonds is 4. The topological polar surface area (TPSA) is 53.6 Å². The molecule has 0 radical (unpaired) electrons. The van der Waals surface area contributed by atoms with Crippen LogP contribution in [0.1, 0.15) is 25.3 Å². The van der Waals surface area contributed by atoms with Crippen LogP contribution in [0.4, 0.5) is 15.8 Å². The standard InChI is InChI=1S/C21H19FN4/c1-13(2)17-12-25-19(14-3-5-15(22)6-4-14)11-20(17)26-18-8-10-24-21-16(18)7-9-23-21/h3-13H,1-2H3,(H2,23,24,25,26). The van der Waals surface area contributed by atoms with Crippen LogP contribution in [0, 0.1) is 5.82 Å². The van der Waals surface area contributed by atoms with Crippen LogP contribution in [0.15, 0.2) is 61.1 Å². The quantitative estimate of drug-likeness (QED) is 0.503. The maximum Gasteiger partial charge on any atom is 0.139 e. The van der Waals surface area contributed by atoms with E-state index in [4.69, 9.17) is 0 Å². The van der Waals surface area contributed by atoms with Crippen LogP contribution in [-0.2, 0) is 0 Å². The first-order valence-corrected chi connectivity index (χ1v) is 8.57. The van der Waals surface area contributed by atoms with Gasteiger partial charge in [-0.3, -0.25) is 4.98 Å². The van der Waals surface area contributed by atoms with Gasteiger partial charge in [-0.15, -0.1) is 0 Å². The molecule has 4 aromatic rings. The Balaban J connectivity index is 1.79. The zero-order chi connectivity index (χ0) is 18.1. The van der Waals surface area contributed by atoms with E-state index >= 15 is 0 Å². The molecular weight excluding hydrogens is 327 g/mol. The molecule has 0 saturated heterocycles. The van der Waals surface area contributed by atoms with Gasteiger partial charge in [-0.25, -0.2) is 9.37 Å². The largest absolute Gasteiger partial charge is 0.355 e. The van der Waals surface area contributed by atoms with Gasteiger partial charge in [0.25, 0.3) is 0 Å². The van der Waals surface area contributed by atoms with Crippen molar-refractivity contribution >= 4 is 22.4 Å². The molecule has 130 valence electrons. The number of aromatic amines is 1. The molecule has 4 nitrogen and oxygen atoms in total. The molecule has 0 amide bonds. The second-order valence-electron chi connectivity index (χ2n) is 6.54. The summed E-state index contributed by atoms with van der Waals surface area (Å²) in [6, 6.07) is 12.4. The van der Waals surface area contributed by atoms with Crippen molar-refractivity contribution in [2.75, 3.05) is 5.32 Å². The summed E-state index contributed by atoms with van der Waals surface area (Å²) in [6.45, 7) is 4.27. The number of benzene rings is 1. The molecule has 0 spiro atoms. The van der Waals surface area contributed by atoms with Crippen LogP contribution in [0.3, 0.4) is 0 Å². The first kappa shape index (κ1) is 16.3. The number of fused-ring (bicyclic) bond motifs is 1. The van der Waals surface area contributed by atoms with E-state index in [2.05, 4.69) is 34.1 Å². The summed E-state index contributed by atoms with van der Waals surface area (Å²) in [7, 11) is 0. The molecule has 2 N–H and O–H groups in total. The minimum Gasteiger partial charge on any atom is -0.355 e. The third kappa shape index (κ3) is 3.04. The lowest BCUT2D eigenvalue weighted by Gasteiger charge is -2.16. The van der Waals surface area contributed by atoms with E-state index in [1.807, 2.05) is 30.6 Å². The van der Waals surface area contributed by atoms with Gasteiger partial charge in [-0.2, -0.15) is 0 Å². The second kappa shape index (κ2) is 6.59. The molecule has 3 heterocycles. The first-order valence-electron chi connectivity index (χ1n) is 8.57. The molecule has 0 atom stereocenters. The van der Waals surface area contributed by atoms with E-state index in [0.717, 1.165) is 39.2 Å². The minimum absolute atomic E-state index is 0.252. The van der Waals surface area contributed by atoms with Gasteiger partial charge in [0.2, 0.25) is 0 Å². The Bertz CT molecular complexity index is 1050. The van der Waals surface area contributed by atoms with Gasteiger partial charge in [-0.05, 0) is 53.9 Å². The van der Waals surface area contributed by atoms with Crippen molar-refractivity contribution < 1.29 is 4.39 Å². The number of hydrogen-bond acceptors (Lipinski definition) is 3. The van der Waals surface area contributed by atoms with E-state index in [1.54, 1.807) is 18.3 Å². The zero-order valence-electron chi connectivity index (χ0n) is 14.6. The summed E-state index contributed by atoms with van der Waals surface area (Å²) in [4.78, 5) is 12.0. The molecule has 0 aliphatic carbocycles.